The summed E-state index contributed by atoms with van der Waals surface area (Å²) in [5, 5.41) is 11.3. The maximum absolute atomic E-state index is 11.3. The average molecular weight is 266 g/mol. The van der Waals surface area contributed by atoms with Crippen LogP contribution in [-0.2, 0) is 0 Å². The molecule has 7 nitrogen and oxygen atoms in total. The van der Waals surface area contributed by atoms with Crippen LogP contribution < -0.4 is 9.64 Å². The summed E-state index contributed by atoms with van der Waals surface area (Å²) < 4.78 is 5.24. The smallest absolute Gasteiger partial charge is 0.372 e. The summed E-state index contributed by atoms with van der Waals surface area (Å²) in [4.78, 5) is 20.7. The topological polar surface area (TPSA) is 81.4 Å². The fraction of sp³-hybridized carbons (Fsp3) is 0.667. The van der Waals surface area contributed by atoms with Crippen LogP contribution in [0.2, 0.25) is 0 Å². The number of nitro groups is 1. The van der Waals surface area contributed by atoms with Crippen LogP contribution in [0.3, 0.4) is 0 Å². The van der Waals surface area contributed by atoms with E-state index in [0.29, 0.717) is 12.4 Å². The Hall–Kier alpha value is -1.92. The number of aromatic nitrogens is 2. The highest BCUT2D eigenvalue weighted by Gasteiger charge is 2.28. The Balaban J connectivity index is 2.37. The molecule has 0 aliphatic carbocycles. The molecule has 1 fully saturated rings. The summed E-state index contributed by atoms with van der Waals surface area (Å²) in [6.45, 7) is 3.71. The second-order valence-electron chi connectivity index (χ2n) is 4.44. The van der Waals surface area contributed by atoms with Gasteiger partial charge in [-0.1, -0.05) is 12.8 Å². The number of rotatable bonds is 4. The van der Waals surface area contributed by atoms with E-state index < -0.39 is 4.92 Å². The normalized spacial score (nSPS) is 15.9. The SMILES string of the molecule is CCOc1ncnc(N2CCCCCC2)c1[N+](=O)[O-]. The summed E-state index contributed by atoms with van der Waals surface area (Å²) >= 11 is 0. The molecule has 2 heterocycles. The molecule has 7 heteroatoms. The molecule has 0 N–H and O–H groups in total. The van der Waals surface area contributed by atoms with E-state index in [4.69, 9.17) is 4.74 Å². The minimum atomic E-state index is -0.453. The predicted octanol–water partition coefficient (Wildman–Crippen LogP) is 2.16. The third-order valence-electron chi connectivity index (χ3n) is 3.14. The van der Waals surface area contributed by atoms with Crippen LogP contribution >= 0.6 is 0 Å². The Morgan fingerprint density at radius 2 is 2.00 bits per heavy atom. The zero-order chi connectivity index (χ0) is 13.7. The number of nitrogens with zero attached hydrogens (tertiary/aromatic N) is 4. The van der Waals surface area contributed by atoms with Gasteiger partial charge in [-0.15, -0.1) is 0 Å². The molecule has 1 aliphatic rings. The Labute approximate surface area is 111 Å². The molecule has 0 unspecified atom stereocenters. The Morgan fingerprint density at radius 1 is 1.32 bits per heavy atom. The molecule has 19 heavy (non-hydrogen) atoms. The molecule has 0 spiro atoms. The molecule has 0 aromatic carbocycles. The van der Waals surface area contributed by atoms with E-state index in [0.717, 1.165) is 38.8 Å². The molecule has 2 rings (SSSR count). The van der Waals surface area contributed by atoms with Gasteiger partial charge in [0.05, 0.1) is 11.5 Å². The van der Waals surface area contributed by atoms with Crippen molar-refractivity contribution >= 4 is 11.5 Å². The third kappa shape index (κ3) is 3.10. The lowest BCUT2D eigenvalue weighted by atomic mass is 10.2. The van der Waals surface area contributed by atoms with Crippen molar-refractivity contribution < 1.29 is 9.66 Å². The fourth-order valence-electron chi connectivity index (χ4n) is 2.27. The zero-order valence-electron chi connectivity index (χ0n) is 11.0. The van der Waals surface area contributed by atoms with Gasteiger partial charge in [-0.3, -0.25) is 10.1 Å². The highest BCUT2D eigenvalue weighted by atomic mass is 16.6. The lowest BCUT2D eigenvalue weighted by molar-refractivity contribution is -0.385. The average Bonchev–Trinajstić information content (AvgIpc) is 2.67. The van der Waals surface area contributed by atoms with E-state index in [2.05, 4.69) is 9.97 Å². The van der Waals surface area contributed by atoms with Crippen LogP contribution in [0.25, 0.3) is 0 Å². The monoisotopic (exact) mass is 266 g/mol. The molecular weight excluding hydrogens is 248 g/mol. The predicted molar refractivity (Wildman–Crippen MR) is 70.5 cm³/mol. The first-order valence-corrected chi connectivity index (χ1v) is 6.61. The van der Waals surface area contributed by atoms with Crippen LogP contribution in [0.1, 0.15) is 32.6 Å². The minimum absolute atomic E-state index is 0.0572. The lowest BCUT2D eigenvalue weighted by Gasteiger charge is -2.21. The van der Waals surface area contributed by atoms with Crippen molar-refractivity contribution in [2.24, 2.45) is 0 Å². The van der Waals surface area contributed by atoms with E-state index >= 15 is 0 Å². The minimum Gasteiger partial charge on any atom is -0.473 e. The molecular formula is C12H18N4O3. The van der Waals surface area contributed by atoms with E-state index in [-0.39, 0.29) is 11.6 Å². The first-order valence-electron chi connectivity index (χ1n) is 6.61. The first kappa shape index (κ1) is 13.5. The third-order valence-corrected chi connectivity index (χ3v) is 3.14. The van der Waals surface area contributed by atoms with Gasteiger partial charge in [0.1, 0.15) is 6.33 Å². The van der Waals surface area contributed by atoms with Crippen molar-refractivity contribution in [3.8, 4) is 5.88 Å². The van der Waals surface area contributed by atoms with Crippen LogP contribution in [0.4, 0.5) is 11.5 Å². The maximum atomic E-state index is 11.3. The first-order chi connectivity index (χ1) is 9.24. The summed E-state index contributed by atoms with van der Waals surface area (Å²) in [6.07, 6.45) is 5.72. The van der Waals surface area contributed by atoms with Gasteiger partial charge in [-0.25, -0.2) is 4.98 Å². The summed E-state index contributed by atoms with van der Waals surface area (Å²) in [6, 6.07) is 0. The number of anilines is 1. The van der Waals surface area contributed by atoms with Crippen molar-refractivity contribution in [2.75, 3.05) is 24.6 Å². The van der Waals surface area contributed by atoms with E-state index in [1.54, 1.807) is 6.92 Å². The molecule has 0 radical (unpaired) electrons. The van der Waals surface area contributed by atoms with Gasteiger partial charge in [0.15, 0.2) is 0 Å². The molecule has 1 saturated heterocycles. The van der Waals surface area contributed by atoms with E-state index in [1.807, 2.05) is 4.90 Å². The molecule has 1 aliphatic heterocycles. The zero-order valence-corrected chi connectivity index (χ0v) is 11.0. The van der Waals surface area contributed by atoms with Crippen LogP contribution in [0, 0.1) is 10.1 Å². The molecule has 0 atom stereocenters. The molecule has 0 saturated carbocycles. The quantitative estimate of drug-likeness (QED) is 0.613. The van der Waals surface area contributed by atoms with Gasteiger partial charge in [0, 0.05) is 13.1 Å². The van der Waals surface area contributed by atoms with Crippen molar-refractivity contribution in [3.05, 3.63) is 16.4 Å². The van der Waals surface area contributed by atoms with Crippen molar-refractivity contribution in [1.29, 1.82) is 0 Å². The van der Waals surface area contributed by atoms with Gasteiger partial charge < -0.3 is 9.64 Å². The molecule has 1 aromatic heterocycles. The van der Waals surface area contributed by atoms with Gasteiger partial charge >= 0.3 is 5.69 Å². The van der Waals surface area contributed by atoms with Crippen molar-refractivity contribution in [2.45, 2.75) is 32.6 Å². The van der Waals surface area contributed by atoms with Crippen LogP contribution in [0.15, 0.2) is 6.33 Å². The van der Waals surface area contributed by atoms with Crippen molar-refractivity contribution in [1.82, 2.24) is 9.97 Å². The fourth-order valence-corrected chi connectivity index (χ4v) is 2.27. The summed E-state index contributed by atoms with van der Waals surface area (Å²) in [7, 11) is 0. The number of hydrogen-bond donors (Lipinski definition) is 0. The standard InChI is InChI=1S/C12H18N4O3/c1-2-19-12-10(16(17)18)11(13-9-14-12)15-7-5-3-4-6-8-15/h9H,2-8H2,1H3. The Kier molecular flexibility index (Phi) is 4.48. The van der Waals surface area contributed by atoms with Crippen LogP contribution in [-0.4, -0.2) is 34.6 Å². The molecule has 0 amide bonds. The van der Waals surface area contributed by atoms with E-state index in [9.17, 15) is 10.1 Å². The van der Waals surface area contributed by atoms with Gasteiger partial charge in [0.2, 0.25) is 5.82 Å². The van der Waals surface area contributed by atoms with Gasteiger partial charge in [-0.05, 0) is 19.8 Å². The molecule has 1 aromatic rings. The van der Waals surface area contributed by atoms with Crippen molar-refractivity contribution in [3.63, 3.8) is 0 Å². The molecule has 0 bridgehead atoms. The second kappa shape index (κ2) is 6.31. The summed E-state index contributed by atoms with van der Waals surface area (Å²) in [5.74, 6) is 0.437. The lowest BCUT2D eigenvalue weighted by Crippen LogP contribution is -2.26. The second-order valence-corrected chi connectivity index (χ2v) is 4.44. The van der Waals surface area contributed by atoms with E-state index in [1.165, 1.54) is 6.33 Å². The largest absolute Gasteiger partial charge is 0.473 e. The number of ether oxygens (including phenoxy) is 1. The highest BCUT2D eigenvalue weighted by molar-refractivity contribution is 5.62. The Morgan fingerprint density at radius 3 is 2.58 bits per heavy atom. The summed E-state index contributed by atoms with van der Waals surface area (Å²) in [5.41, 5.74) is -0.119. The molecule has 104 valence electrons. The van der Waals surface area contributed by atoms with Gasteiger partial charge in [-0.2, -0.15) is 4.98 Å². The van der Waals surface area contributed by atoms with Gasteiger partial charge in [0.25, 0.3) is 5.88 Å². The maximum Gasteiger partial charge on any atom is 0.372 e. The Bertz CT molecular complexity index is 445. The number of hydrogen-bond acceptors (Lipinski definition) is 6. The highest BCUT2D eigenvalue weighted by Crippen LogP contribution is 2.34. The van der Waals surface area contributed by atoms with Crippen LogP contribution in [0.5, 0.6) is 5.88 Å².